The lowest BCUT2D eigenvalue weighted by molar-refractivity contribution is -0.113. The predicted octanol–water partition coefficient (Wildman–Crippen LogP) is 4.41. The lowest BCUT2D eigenvalue weighted by Crippen LogP contribution is -2.25. The van der Waals surface area contributed by atoms with Crippen molar-refractivity contribution in [2.24, 2.45) is 0 Å². The molecule has 0 radical (unpaired) electrons. The molecule has 1 N–H and O–H groups in total. The minimum Gasteiger partial charge on any atom is -0.325 e. The molecule has 1 aromatic heterocycles. The largest absolute Gasteiger partial charge is 0.325 e. The topological polar surface area (TPSA) is 72.7 Å². The van der Waals surface area contributed by atoms with Gasteiger partial charge in [-0.25, -0.2) is 4.68 Å². The van der Waals surface area contributed by atoms with E-state index in [2.05, 4.69) is 66.7 Å². The van der Waals surface area contributed by atoms with Crippen LogP contribution in [0.25, 0.3) is 0 Å². The second kappa shape index (κ2) is 8.20. The van der Waals surface area contributed by atoms with E-state index in [1.165, 1.54) is 11.8 Å². The first-order valence-electron chi connectivity index (χ1n) is 8.95. The highest BCUT2D eigenvalue weighted by molar-refractivity contribution is 7.99. The molecule has 0 unspecified atom stereocenters. The zero-order valence-electron chi connectivity index (χ0n) is 16.7. The van der Waals surface area contributed by atoms with Crippen molar-refractivity contribution in [3.05, 3.63) is 29.3 Å². The summed E-state index contributed by atoms with van der Waals surface area (Å²) in [6.45, 7) is 14.6. The van der Waals surface area contributed by atoms with Gasteiger partial charge in [-0.15, -0.1) is 5.10 Å². The summed E-state index contributed by atoms with van der Waals surface area (Å²) in [5, 5.41) is 15.6. The van der Waals surface area contributed by atoms with Gasteiger partial charge in [-0.2, -0.15) is 0 Å². The van der Waals surface area contributed by atoms with Gasteiger partial charge in [0.25, 0.3) is 0 Å². The van der Waals surface area contributed by atoms with Crippen molar-refractivity contribution in [2.75, 3.05) is 11.1 Å². The molecular formula is C19H29N5OS. The summed E-state index contributed by atoms with van der Waals surface area (Å²) in [4.78, 5) is 12.6. The zero-order chi connectivity index (χ0) is 19.5. The van der Waals surface area contributed by atoms with Crippen LogP contribution in [-0.2, 0) is 10.3 Å². The summed E-state index contributed by atoms with van der Waals surface area (Å²) >= 11 is 1.35. The third-order valence-electron chi connectivity index (χ3n) is 4.05. The van der Waals surface area contributed by atoms with Crippen LogP contribution in [0.3, 0.4) is 0 Å². The van der Waals surface area contributed by atoms with E-state index >= 15 is 0 Å². The second-order valence-electron chi connectivity index (χ2n) is 8.00. The van der Waals surface area contributed by atoms with Crippen LogP contribution in [-0.4, -0.2) is 31.9 Å². The number of hydrogen-bond acceptors (Lipinski definition) is 5. The Hall–Kier alpha value is -1.89. The van der Waals surface area contributed by atoms with E-state index in [0.29, 0.717) is 17.0 Å². The minimum atomic E-state index is -0.225. The third kappa shape index (κ3) is 4.84. The fourth-order valence-corrected chi connectivity index (χ4v) is 3.55. The number of nitrogens with one attached hydrogen (secondary N) is 1. The van der Waals surface area contributed by atoms with Crippen molar-refractivity contribution < 1.29 is 4.79 Å². The number of tetrazole rings is 1. The molecule has 0 spiro atoms. The number of nitrogens with zero attached hydrogens (tertiary/aromatic N) is 4. The molecule has 6 nitrogen and oxygen atoms in total. The highest BCUT2D eigenvalue weighted by Gasteiger charge is 2.21. The first kappa shape index (κ1) is 20.4. The molecule has 2 rings (SSSR count). The van der Waals surface area contributed by atoms with Crippen molar-refractivity contribution in [3.63, 3.8) is 0 Å². The van der Waals surface area contributed by atoms with E-state index < -0.39 is 0 Å². The molecule has 0 aliphatic rings. The Morgan fingerprint density at radius 3 is 2.23 bits per heavy atom. The van der Waals surface area contributed by atoms with E-state index in [4.69, 9.17) is 0 Å². The van der Waals surface area contributed by atoms with Gasteiger partial charge in [0.05, 0.1) is 11.3 Å². The number of amides is 1. The number of hydrogen-bond donors (Lipinski definition) is 1. The van der Waals surface area contributed by atoms with Gasteiger partial charge in [-0.3, -0.25) is 4.79 Å². The number of aromatic nitrogens is 4. The smallest absolute Gasteiger partial charge is 0.234 e. The molecule has 0 bridgehead atoms. The fraction of sp³-hybridized carbons (Fsp3) is 0.579. The molecule has 26 heavy (non-hydrogen) atoms. The molecule has 0 saturated carbocycles. The van der Waals surface area contributed by atoms with E-state index in [-0.39, 0.29) is 17.2 Å². The number of thioether (sulfide) groups is 1. The number of para-hydroxylation sites is 1. The van der Waals surface area contributed by atoms with Crippen molar-refractivity contribution in [2.45, 2.75) is 71.0 Å². The summed E-state index contributed by atoms with van der Waals surface area (Å²) in [7, 11) is 0. The quantitative estimate of drug-likeness (QED) is 0.757. The first-order valence-corrected chi connectivity index (χ1v) is 9.94. The van der Waals surface area contributed by atoms with Gasteiger partial charge >= 0.3 is 0 Å². The van der Waals surface area contributed by atoms with Gasteiger partial charge in [0.2, 0.25) is 11.1 Å². The molecule has 0 aliphatic heterocycles. The molecule has 1 amide bonds. The molecule has 0 fully saturated rings. The van der Waals surface area contributed by atoms with Crippen LogP contribution >= 0.6 is 11.8 Å². The SMILES string of the molecule is CC(C)c1cccc(C(C)C)c1NC(=O)CSc1nnnn1C(C)(C)C. The Kier molecular flexibility index (Phi) is 6.44. The van der Waals surface area contributed by atoms with Crippen LogP contribution in [0.1, 0.15) is 71.4 Å². The second-order valence-corrected chi connectivity index (χ2v) is 8.94. The maximum atomic E-state index is 12.6. The number of anilines is 1. The van der Waals surface area contributed by atoms with Crippen LogP contribution in [0.5, 0.6) is 0 Å². The Labute approximate surface area is 160 Å². The third-order valence-corrected chi connectivity index (χ3v) is 4.97. The summed E-state index contributed by atoms with van der Waals surface area (Å²) in [6, 6.07) is 6.23. The first-order chi connectivity index (χ1) is 12.1. The van der Waals surface area contributed by atoms with Gasteiger partial charge in [-0.1, -0.05) is 57.7 Å². The van der Waals surface area contributed by atoms with E-state index in [0.717, 1.165) is 16.8 Å². The van der Waals surface area contributed by atoms with E-state index in [1.807, 2.05) is 20.8 Å². The Morgan fingerprint density at radius 2 is 1.73 bits per heavy atom. The molecule has 0 aliphatic carbocycles. The monoisotopic (exact) mass is 375 g/mol. The fourth-order valence-electron chi connectivity index (χ4n) is 2.69. The van der Waals surface area contributed by atoms with Gasteiger partial charge < -0.3 is 5.32 Å². The lowest BCUT2D eigenvalue weighted by Gasteiger charge is -2.21. The highest BCUT2D eigenvalue weighted by atomic mass is 32.2. The van der Waals surface area contributed by atoms with Gasteiger partial charge in [0, 0.05) is 5.69 Å². The molecule has 142 valence electrons. The number of rotatable bonds is 6. The van der Waals surface area contributed by atoms with Gasteiger partial charge in [-0.05, 0) is 54.2 Å². The average molecular weight is 376 g/mol. The maximum Gasteiger partial charge on any atom is 0.234 e. The van der Waals surface area contributed by atoms with Crippen LogP contribution in [0.15, 0.2) is 23.4 Å². The average Bonchev–Trinajstić information content (AvgIpc) is 3.01. The van der Waals surface area contributed by atoms with Crippen molar-refractivity contribution in [3.8, 4) is 0 Å². The van der Waals surface area contributed by atoms with Crippen LogP contribution in [0.2, 0.25) is 0 Å². The summed E-state index contributed by atoms with van der Waals surface area (Å²) in [6.07, 6.45) is 0. The number of benzene rings is 1. The van der Waals surface area contributed by atoms with Crippen molar-refractivity contribution in [1.29, 1.82) is 0 Å². The van der Waals surface area contributed by atoms with Crippen LogP contribution in [0, 0.1) is 0 Å². The molecule has 0 atom stereocenters. The Balaban J connectivity index is 2.15. The maximum absolute atomic E-state index is 12.6. The molecule has 1 aromatic carbocycles. The molecule has 2 aromatic rings. The summed E-state index contributed by atoms with van der Waals surface area (Å²) < 4.78 is 1.74. The van der Waals surface area contributed by atoms with E-state index in [1.54, 1.807) is 4.68 Å². The number of carbonyl (C=O) groups is 1. The number of carbonyl (C=O) groups excluding carboxylic acids is 1. The summed E-state index contributed by atoms with van der Waals surface area (Å²) in [5.74, 6) is 0.892. The van der Waals surface area contributed by atoms with E-state index in [9.17, 15) is 4.79 Å². The lowest BCUT2D eigenvalue weighted by atomic mass is 9.92. The Morgan fingerprint density at radius 1 is 1.15 bits per heavy atom. The normalized spacial score (nSPS) is 12.0. The summed E-state index contributed by atoms with van der Waals surface area (Å²) in [5.41, 5.74) is 3.04. The Bertz CT molecular complexity index is 735. The molecular weight excluding hydrogens is 346 g/mol. The van der Waals surface area contributed by atoms with Gasteiger partial charge in [0.1, 0.15) is 0 Å². The highest BCUT2D eigenvalue weighted by Crippen LogP contribution is 2.32. The minimum absolute atomic E-state index is 0.0477. The predicted molar refractivity (Wildman–Crippen MR) is 107 cm³/mol. The van der Waals surface area contributed by atoms with Crippen molar-refractivity contribution >= 4 is 23.4 Å². The van der Waals surface area contributed by atoms with Crippen LogP contribution < -0.4 is 5.32 Å². The van der Waals surface area contributed by atoms with Crippen LogP contribution in [0.4, 0.5) is 5.69 Å². The van der Waals surface area contributed by atoms with Crippen molar-refractivity contribution in [1.82, 2.24) is 20.2 Å². The molecule has 1 heterocycles. The standard InChI is InChI=1S/C19H29N5OS/c1-12(2)14-9-8-10-15(13(3)4)17(14)20-16(25)11-26-18-21-22-23-24(18)19(5,6)7/h8-10,12-13H,11H2,1-7H3,(H,20,25). The molecule has 0 saturated heterocycles. The molecule has 7 heteroatoms. The zero-order valence-corrected chi connectivity index (χ0v) is 17.5. The van der Waals surface area contributed by atoms with Gasteiger partial charge in [0.15, 0.2) is 0 Å².